The van der Waals surface area contributed by atoms with Crippen molar-refractivity contribution in [3.05, 3.63) is 0 Å². The summed E-state index contributed by atoms with van der Waals surface area (Å²) in [5.74, 6) is 0.705. The smallest absolute Gasteiger partial charge is 0.172 e. The van der Waals surface area contributed by atoms with Crippen molar-refractivity contribution >= 4 is 25.2 Å². The van der Waals surface area contributed by atoms with Gasteiger partial charge in [0.1, 0.15) is 7.85 Å². The lowest BCUT2D eigenvalue weighted by Crippen LogP contribution is -2.55. The molecule has 0 radical (unpaired) electrons. The summed E-state index contributed by atoms with van der Waals surface area (Å²) < 4.78 is 0. The van der Waals surface area contributed by atoms with E-state index in [1.807, 2.05) is 0 Å². The van der Waals surface area contributed by atoms with Crippen molar-refractivity contribution in [3.8, 4) is 0 Å². The average molecular weight is 294 g/mol. The summed E-state index contributed by atoms with van der Waals surface area (Å²) in [5, 5.41) is 1.09. The Balaban J connectivity index is 2.47. The molecule has 2 nitrogen and oxygen atoms in total. The number of rotatable bonds is 2. The second-order valence-corrected chi connectivity index (χ2v) is 7.89. The van der Waals surface area contributed by atoms with Crippen molar-refractivity contribution in [2.24, 2.45) is 0 Å². The van der Waals surface area contributed by atoms with Crippen LogP contribution in [0.2, 0.25) is 5.82 Å². The molecule has 0 amide bonds. The molecule has 2 rings (SSSR count). The molecule has 0 bridgehead atoms. The van der Waals surface area contributed by atoms with Crippen molar-refractivity contribution in [1.29, 1.82) is 0 Å². The van der Waals surface area contributed by atoms with E-state index in [1.165, 1.54) is 32.1 Å². The zero-order valence-corrected chi connectivity index (χ0v) is 15.0. The van der Waals surface area contributed by atoms with Gasteiger partial charge in [-0.1, -0.05) is 25.7 Å². The first kappa shape index (κ1) is 16.1. The zero-order valence-electron chi connectivity index (χ0n) is 14.1. The van der Waals surface area contributed by atoms with Crippen molar-refractivity contribution < 1.29 is 0 Å². The fourth-order valence-electron chi connectivity index (χ4n) is 4.52. The van der Waals surface area contributed by atoms with Gasteiger partial charge in [-0.25, -0.2) is 0 Å². The summed E-state index contributed by atoms with van der Waals surface area (Å²) in [6.45, 7) is 11.6. The van der Waals surface area contributed by atoms with E-state index in [0.29, 0.717) is 23.9 Å². The van der Waals surface area contributed by atoms with Gasteiger partial charge < -0.3 is 9.80 Å². The highest BCUT2D eigenvalue weighted by Gasteiger charge is 2.55. The van der Waals surface area contributed by atoms with E-state index in [9.17, 15) is 0 Å². The normalized spacial score (nSPS) is 35.5. The highest BCUT2D eigenvalue weighted by Crippen LogP contribution is 2.47. The van der Waals surface area contributed by atoms with Gasteiger partial charge in [0, 0.05) is 12.1 Å². The fraction of sp³-hybridized carbons (Fsp3) is 0.938. The summed E-state index contributed by atoms with van der Waals surface area (Å²) >= 11 is 5.89. The number of hydrogen-bond acceptors (Lipinski definition) is 1. The quantitative estimate of drug-likeness (QED) is 0.570. The van der Waals surface area contributed by atoms with Crippen LogP contribution in [0, 0.1) is 0 Å². The Hall–Kier alpha value is -0.245. The van der Waals surface area contributed by atoms with Crippen LogP contribution >= 0.6 is 12.2 Å². The monoisotopic (exact) mass is 294 g/mol. The van der Waals surface area contributed by atoms with Gasteiger partial charge in [0.2, 0.25) is 0 Å². The summed E-state index contributed by atoms with van der Waals surface area (Å²) in [5.41, 5.74) is 0.204. The Morgan fingerprint density at radius 2 is 1.70 bits per heavy atom. The maximum Gasteiger partial charge on any atom is 0.172 e. The Morgan fingerprint density at radius 3 is 2.25 bits per heavy atom. The third-order valence-corrected chi connectivity index (χ3v) is 6.05. The first-order chi connectivity index (χ1) is 9.31. The maximum atomic E-state index is 5.89. The van der Waals surface area contributed by atoms with E-state index in [4.69, 9.17) is 12.2 Å². The molecule has 2 fully saturated rings. The van der Waals surface area contributed by atoms with Crippen molar-refractivity contribution in [2.45, 2.75) is 96.2 Å². The van der Waals surface area contributed by atoms with E-state index < -0.39 is 0 Å². The summed E-state index contributed by atoms with van der Waals surface area (Å²) in [7, 11) is 2.44. The Kier molecular flexibility index (Phi) is 4.73. The van der Waals surface area contributed by atoms with E-state index in [0.717, 1.165) is 5.11 Å². The first-order valence-electron chi connectivity index (χ1n) is 8.43. The molecule has 1 heterocycles. The van der Waals surface area contributed by atoms with Crippen LogP contribution in [0.25, 0.3) is 0 Å². The molecule has 3 atom stereocenters. The molecule has 1 aliphatic carbocycles. The largest absolute Gasteiger partial charge is 0.341 e. The lowest BCUT2D eigenvalue weighted by molar-refractivity contribution is 0.102. The van der Waals surface area contributed by atoms with Gasteiger partial charge in [-0.3, -0.25) is 0 Å². The Bertz CT molecular complexity index is 371. The predicted molar refractivity (Wildman–Crippen MR) is 94.1 cm³/mol. The highest BCUT2D eigenvalue weighted by atomic mass is 32.1. The molecule has 114 valence electrons. The van der Waals surface area contributed by atoms with E-state index in [1.54, 1.807) is 0 Å². The van der Waals surface area contributed by atoms with Crippen LogP contribution < -0.4 is 0 Å². The summed E-state index contributed by atoms with van der Waals surface area (Å²) in [6, 6.07) is 1.58. The van der Waals surface area contributed by atoms with Crippen LogP contribution in [0.4, 0.5) is 0 Å². The van der Waals surface area contributed by atoms with Crippen LogP contribution in [0.3, 0.4) is 0 Å². The number of thiocarbonyl (C=S) groups is 1. The topological polar surface area (TPSA) is 6.48 Å². The number of fused-ring (bicyclic) bond motifs is 1. The molecule has 4 heteroatoms. The van der Waals surface area contributed by atoms with Gasteiger partial charge in [0.05, 0.1) is 11.6 Å². The molecule has 0 spiro atoms. The summed E-state index contributed by atoms with van der Waals surface area (Å²) in [6.07, 6.45) is 6.75. The van der Waals surface area contributed by atoms with Crippen molar-refractivity contribution in [2.75, 3.05) is 0 Å². The molecular weight excluding hydrogens is 263 g/mol. The molecule has 2 aliphatic rings. The van der Waals surface area contributed by atoms with Crippen molar-refractivity contribution in [1.82, 2.24) is 9.80 Å². The third-order valence-electron chi connectivity index (χ3n) is 5.64. The molecule has 1 saturated heterocycles. The lowest BCUT2D eigenvalue weighted by Gasteiger charge is -2.47. The van der Waals surface area contributed by atoms with Gasteiger partial charge in [0.15, 0.2) is 5.11 Å². The summed E-state index contributed by atoms with van der Waals surface area (Å²) in [4.78, 5) is 5.10. The number of hydrogen-bond donors (Lipinski definition) is 0. The molecule has 0 aromatic rings. The second-order valence-electron chi connectivity index (χ2n) is 7.53. The van der Waals surface area contributed by atoms with E-state index >= 15 is 0 Å². The fourth-order valence-corrected chi connectivity index (χ4v) is 5.26. The Morgan fingerprint density at radius 1 is 1.10 bits per heavy atom. The molecule has 1 saturated carbocycles. The number of nitrogens with zero attached hydrogens (tertiary/aromatic N) is 2. The second kappa shape index (κ2) is 5.86. The molecule has 0 aromatic carbocycles. The first-order valence-corrected chi connectivity index (χ1v) is 8.84. The van der Waals surface area contributed by atoms with E-state index in [2.05, 4.69) is 52.3 Å². The predicted octanol–water partition coefficient (Wildman–Crippen LogP) is 3.22. The SMILES string of the molecule is BC1CCCCCC2N(C(C)C)C(=S)N(C(C)C)C12C. The average Bonchev–Trinajstić information content (AvgIpc) is 2.55. The van der Waals surface area contributed by atoms with Gasteiger partial charge >= 0.3 is 0 Å². The van der Waals surface area contributed by atoms with Gasteiger partial charge in [-0.2, -0.15) is 0 Å². The van der Waals surface area contributed by atoms with Gasteiger partial charge in [0.25, 0.3) is 0 Å². The van der Waals surface area contributed by atoms with Crippen LogP contribution in [0.1, 0.15) is 66.7 Å². The lowest BCUT2D eigenvalue weighted by atomic mass is 9.63. The molecular formula is C16H31BN2S. The highest BCUT2D eigenvalue weighted by molar-refractivity contribution is 7.80. The van der Waals surface area contributed by atoms with Gasteiger partial charge in [-0.15, -0.1) is 0 Å². The maximum absolute atomic E-state index is 5.89. The van der Waals surface area contributed by atoms with E-state index in [-0.39, 0.29) is 5.54 Å². The zero-order chi connectivity index (χ0) is 15.1. The van der Waals surface area contributed by atoms with Gasteiger partial charge in [-0.05, 0) is 59.1 Å². The minimum absolute atomic E-state index is 0.204. The molecule has 20 heavy (non-hydrogen) atoms. The molecule has 0 aromatic heterocycles. The van der Waals surface area contributed by atoms with Crippen LogP contribution in [0.15, 0.2) is 0 Å². The Labute approximate surface area is 131 Å². The van der Waals surface area contributed by atoms with Crippen LogP contribution in [-0.4, -0.2) is 46.4 Å². The minimum atomic E-state index is 0.204. The standard InChI is InChI=1S/C16H31BN2S/c1-11(2)18-14-10-8-6-7-9-13(17)16(14,5)19(12(3)4)15(18)20/h11-14H,6-10,17H2,1-5H3. The van der Waals surface area contributed by atoms with Crippen molar-refractivity contribution in [3.63, 3.8) is 0 Å². The molecule has 3 unspecified atom stereocenters. The molecule has 1 aliphatic heterocycles. The van der Waals surface area contributed by atoms with Crippen LogP contribution in [-0.2, 0) is 0 Å². The third kappa shape index (κ3) is 2.38. The minimum Gasteiger partial charge on any atom is -0.341 e. The van der Waals surface area contributed by atoms with Crippen LogP contribution in [0.5, 0.6) is 0 Å². The molecule has 0 N–H and O–H groups in total.